The lowest BCUT2D eigenvalue weighted by atomic mass is 10.0. The average molecular weight is 630 g/mol. The molecule has 0 spiro atoms. The van der Waals surface area contributed by atoms with E-state index in [1.165, 1.54) is 23.1 Å². The fraction of sp³-hybridized carbons (Fsp3) is 0.278. The number of nitrogens with one attached hydrogen (secondary N) is 1. The van der Waals surface area contributed by atoms with Crippen molar-refractivity contribution in [2.24, 2.45) is 0 Å². The van der Waals surface area contributed by atoms with E-state index in [-0.39, 0.29) is 29.3 Å². The number of carbonyl (C=O) groups excluding carboxylic acids is 2. The number of hydrogen-bond donors (Lipinski definition) is 1. The highest BCUT2D eigenvalue weighted by atomic mass is 32.2. The van der Waals surface area contributed by atoms with E-state index in [0.717, 1.165) is 28.3 Å². The van der Waals surface area contributed by atoms with Crippen LogP contribution in [0.5, 0.6) is 0 Å². The van der Waals surface area contributed by atoms with Gasteiger partial charge in [0.25, 0.3) is 10.0 Å². The molecule has 1 N–H and O–H groups in total. The van der Waals surface area contributed by atoms with Gasteiger partial charge >= 0.3 is 0 Å². The molecule has 0 heterocycles. The Morgan fingerprint density at radius 1 is 0.867 bits per heavy atom. The zero-order valence-corrected chi connectivity index (χ0v) is 26.8. The number of anilines is 1. The molecule has 236 valence electrons. The molecule has 0 unspecified atom stereocenters. The summed E-state index contributed by atoms with van der Waals surface area (Å²) in [7, 11) is -4.21. The summed E-state index contributed by atoms with van der Waals surface area (Å²) >= 11 is 0. The minimum absolute atomic E-state index is 0.0255. The first kappa shape index (κ1) is 33.4. The van der Waals surface area contributed by atoms with Crippen LogP contribution in [0.4, 0.5) is 10.1 Å². The summed E-state index contributed by atoms with van der Waals surface area (Å²) in [6.45, 7) is 5.23. The molecule has 4 aromatic rings. The Kier molecular flexibility index (Phi) is 11.5. The molecule has 0 aliphatic heterocycles. The van der Waals surface area contributed by atoms with Gasteiger partial charge in [0.05, 0.1) is 10.6 Å². The van der Waals surface area contributed by atoms with Crippen LogP contribution in [0.15, 0.2) is 108 Å². The Balaban J connectivity index is 1.82. The van der Waals surface area contributed by atoms with Gasteiger partial charge in [0.15, 0.2) is 0 Å². The van der Waals surface area contributed by atoms with Crippen LogP contribution in [0.25, 0.3) is 0 Å². The number of rotatable bonds is 14. The molecule has 0 radical (unpaired) electrons. The van der Waals surface area contributed by atoms with Crippen molar-refractivity contribution in [1.82, 2.24) is 10.2 Å². The lowest BCUT2D eigenvalue weighted by Crippen LogP contribution is -2.53. The maximum absolute atomic E-state index is 15.0. The van der Waals surface area contributed by atoms with E-state index in [4.69, 9.17) is 0 Å². The molecule has 4 aromatic carbocycles. The molecule has 0 fully saturated rings. The minimum Gasteiger partial charge on any atom is -0.354 e. The topological polar surface area (TPSA) is 86.8 Å². The van der Waals surface area contributed by atoms with Gasteiger partial charge in [0.2, 0.25) is 11.8 Å². The normalized spacial score (nSPS) is 11.9. The molecule has 2 amide bonds. The van der Waals surface area contributed by atoms with Crippen LogP contribution < -0.4 is 9.62 Å². The van der Waals surface area contributed by atoms with Gasteiger partial charge in [-0.25, -0.2) is 12.8 Å². The highest BCUT2D eigenvalue weighted by molar-refractivity contribution is 7.92. The lowest BCUT2D eigenvalue weighted by molar-refractivity contribution is -0.140. The maximum Gasteiger partial charge on any atom is 0.264 e. The molecule has 0 aromatic heterocycles. The molecule has 0 saturated carbocycles. The fourth-order valence-corrected chi connectivity index (χ4v) is 6.58. The standard InChI is InChI=1S/C36H40FN3O4S/c1-4-5-22-38-36(42)34(24-29-14-8-6-9-15-29)39(25-30-16-12-13-19-32(30)37)35(41)26-40(33-23-27(2)20-21-28(33)3)45(43,44)31-17-10-7-11-18-31/h6-21,23,34H,4-5,22,24-26H2,1-3H3,(H,38,42)/t34-/m0/s1. The predicted octanol–water partition coefficient (Wildman–Crippen LogP) is 6.19. The molecule has 45 heavy (non-hydrogen) atoms. The first-order valence-electron chi connectivity index (χ1n) is 15.1. The van der Waals surface area contributed by atoms with Crippen LogP contribution in [0.2, 0.25) is 0 Å². The summed E-state index contributed by atoms with van der Waals surface area (Å²) < 4.78 is 44.4. The van der Waals surface area contributed by atoms with Crippen molar-refractivity contribution < 1.29 is 22.4 Å². The van der Waals surface area contributed by atoms with E-state index in [2.05, 4.69) is 5.32 Å². The van der Waals surface area contributed by atoms with Crippen molar-refractivity contribution in [2.75, 3.05) is 17.4 Å². The van der Waals surface area contributed by atoms with Crippen LogP contribution in [0, 0.1) is 19.7 Å². The summed E-state index contributed by atoms with van der Waals surface area (Å²) in [6, 6.07) is 27.6. The number of unbranched alkanes of at least 4 members (excludes halogenated alkanes) is 1. The van der Waals surface area contributed by atoms with E-state index < -0.39 is 34.3 Å². The number of amides is 2. The third-order valence-electron chi connectivity index (χ3n) is 7.64. The van der Waals surface area contributed by atoms with Gasteiger partial charge in [0.1, 0.15) is 18.4 Å². The Hall–Kier alpha value is -4.50. The maximum atomic E-state index is 15.0. The summed E-state index contributed by atoms with van der Waals surface area (Å²) in [5.41, 5.74) is 2.85. The second-order valence-electron chi connectivity index (χ2n) is 11.1. The molecule has 0 aliphatic carbocycles. The highest BCUT2D eigenvalue weighted by Crippen LogP contribution is 2.29. The van der Waals surface area contributed by atoms with Crippen LogP contribution >= 0.6 is 0 Å². The third-order valence-corrected chi connectivity index (χ3v) is 9.42. The van der Waals surface area contributed by atoms with Crippen LogP contribution in [0.1, 0.15) is 42.0 Å². The van der Waals surface area contributed by atoms with Crippen molar-refractivity contribution in [2.45, 2.75) is 57.5 Å². The second kappa shape index (κ2) is 15.5. The van der Waals surface area contributed by atoms with Crippen LogP contribution in [-0.2, 0) is 32.6 Å². The third kappa shape index (κ3) is 8.57. The van der Waals surface area contributed by atoms with Gasteiger partial charge < -0.3 is 10.2 Å². The lowest BCUT2D eigenvalue weighted by Gasteiger charge is -2.34. The molecule has 1 atom stereocenters. The van der Waals surface area contributed by atoms with Crippen molar-refractivity contribution in [1.29, 1.82) is 0 Å². The molecule has 0 saturated heterocycles. The van der Waals surface area contributed by atoms with Gasteiger partial charge in [-0.1, -0.05) is 92.2 Å². The van der Waals surface area contributed by atoms with Crippen LogP contribution in [-0.4, -0.2) is 44.3 Å². The second-order valence-corrected chi connectivity index (χ2v) is 12.9. The van der Waals surface area contributed by atoms with E-state index in [9.17, 15) is 18.0 Å². The van der Waals surface area contributed by atoms with E-state index in [1.807, 2.05) is 50.2 Å². The predicted molar refractivity (Wildman–Crippen MR) is 176 cm³/mol. The quantitative estimate of drug-likeness (QED) is 0.169. The van der Waals surface area contributed by atoms with Gasteiger partial charge in [-0.15, -0.1) is 0 Å². The molecular weight excluding hydrogens is 589 g/mol. The summed E-state index contributed by atoms with van der Waals surface area (Å²) in [5.74, 6) is -1.55. The first-order chi connectivity index (χ1) is 21.6. The molecule has 0 aliphatic rings. The van der Waals surface area contributed by atoms with Gasteiger partial charge in [-0.05, 0) is 61.2 Å². The number of hydrogen-bond acceptors (Lipinski definition) is 4. The summed E-state index contributed by atoms with van der Waals surface area (Å²) in [5, 5.41) is 2.94. The number of sulfonamides is 1. The minimum atomic E-state index is -4.21. The van der Waals surface area contributed by atoms with E-state index >= 15 is 4.39 Å². The van der Waals surface area contributed by atoms with Crippen molar-refractivity contribution in [3.8, 4) is 0 Å². The van der Waals surface area contributed by atoms with Gasteiger partial charge in [0, 0.05) is 25.1 Å². The zero-order chi connectivity index (χ0) is 32.4. The summed E-state index contributed by atoms with van der Waals surface area (Å²) in [4.78, 5) is 29.6. The number of halogens is 1. The summed E-state index contributed by atoms with van der Waals surface area (Å²) in [6.07, 6.45) is 1.78. The Bertz CT molecular complexity index is 1700. The van der Waals surface area contributed by atoms with E-state index in [1.54, 1.807) is 55.5 Å². The number of aryl methyl sites for hydroxylation is 2. The van der Waals surface area contributed by atoms with Crippen molar-refractivity contribution >= 4 is 27.5 Å². The van der Waals surface area contributed by atoms with Crippen molar-refractivity contribution in [3.63, 3.8) is 0 Å². The largest absolute Gasteiger partial charge is 0.354 e. The zero-order valence-electron chi connectivity index (χ0n) is 25.9. The SMILES string of the molecule is CCCCNC(=O)[C@H](Cc1ccccc1)N(Cc1ccccc1F)C(=O)CN(c1cc(C)ccc1C)S(=O)(=O)c1ccccc1. The van der Waals surface area contributed by atoms with Gasteiger partial charge in [-0.3, -0.25) is 13.9 Å². The Labute approximate surface area is 265 Å². The van der Waals surface area contributed by atoms with Crippen molar-refractivity contribution in [3.05, 3.63) is 131 Å². The Morgan fingerprint density at radius 3 is 2.18 bits per heavy atom. The smallest absolute Gasteiger partial charge is 0.264 e. The highest BCUT2D eigenvalue weighted by Gasteiger charge is 2.35. The molecule has 9 heteroatoms. The number of benzene rings is 4. The van der Waals surface area contributed by atoms with Gasteiger partial charge in [-0.2, -0.15) is 0 Å². The molecule has 0 bridgehead atoms. The monoisotopic (exact) mass is 629 g/mol. The Morgan fingerprint density at radius 2 is 1.51 bits per heavy atom. The van der Waals surface area contributed by atoms with E-state index in [0.29, 0.717) is 17.8 Å². The van der Waals surface area contributed by atoms with Crippen LogP contribution in [0.3, 0.4) is 0 Å². The molecular formula is C36H40FN3O4S. The molecule has 7 nitrogen and oxygen atoms in total. The average Bonchev–Trinajstić information content (AvgIpc) is 3.04. The number of nitrogens with zero attached hydrogens (tertiary/aromatic N) is 2. The molecule has 4 rings (SSSR count). The number of carbonyl (C=O) groups is 2. The first-order valence-corrected chi connectivity index (χ1v) is 16.6. The fourth-order valence-electron chi connectivity index (χ4n) is 5.09.